The third kappa shape index (κ3) is 1.95. The van der Waals surface area contributed by atoms with Crippen LogP contribution in [0.25, 0.3) is 16.9 Å². The van der Waals surface area contributed by atoms with Gasteiger partial charge in [-0.3, -0.25) is 0 Å². The van der Waals surface area contributed by atoms with E-state index in [-0.39, 0.29) is 0 Å². The normalized spacial score (nSPS) is 10.2. The Kier molecular flexibility index (Phi) is 3.02. The number of rotatable bonds is 2. The van der Waals surface area contributed by atoms with Crippen LogP contribution in [-0.4, -0.2) is 15.0 Å². The van der Waals surface area contributed by atoms with Gasteiger partial charge < -0.3 is 0 Å². The molecule has 4 heteroatoms. The van der Waals surface area contributed by atoms with E-state index in [4.69, 9.17) is 0 Å². The van der Waals surface area contributed by atoms with Crippen molar-refractivity contribution in [1.29, 1.82) is 5.26 Å². The second-order valence-electron chi connectivity index (χ2n) is 4.46. The summed E-state index contributed by atoms with van der Waals surface area (Å²) in [6.07, 6.45) is 0. The van der Waals surface area contributed by atoms with Gasteiger partial charge >= 0.3 is 0 Å². The van der Waals surface area contributed by atoms with Crippen LogP contribution in [0.1, 0.15) is 11.3 Å². The summed E-state index contributed by atoms with van der Waals surface area (Å²) in [5, 5.41) is 17.4. The highest BCUT2D eigenvalue weighted by Crippen LogP contribution is 2.27. The molecule has 3 rings (SSSR count). The first kappa shape index (κ1) is 12.1. The van der Waals surface area contributed by atoms with Crippen LogP contribution in [0.5, 0.6) is 0 Å². The molecule has 0 aliphatic rings. The Morgan fingerprint density at radius 2 is 1.70 bits per heavy atom. The Hall–Kier alpha value is -2.93. The van der Waals surface area contributed by atoms with Crippen LogP contribution in [-0.2, 0) is 0 Å². The van der Waals surface area contributed by atoms with E-state index in [1.165, 1.54) is 0 Å². The zero-order chi connectivity index (χ0) is 13.9. The number of nitriles is 1. The van der Waals surface area contributed by atoms with Crippen LogP contribution < -0.4 is 0 Å². The molecule has 0 radical (unpaired) electrons. The van der Waals surface area contributed by atoms with Gasteiger partial charge in [0, 0.05) is 5.56 Å². The van der Waals surface area contributed by atoms with E-state index in [0.717, 1.165) is 22.5 Å². The predicted octanol–water partition coefficient (Wildman–Crippen LogP) is 3.11. The Bertz CT molecular complexity index is 782. The standard InChI is InChI=1S/C16H12N4/c1-12-7-5-6-10-14(12)16-15(11-17)18-19-20(16)13-8-3-2-4-9-13/h2-10H,1H3. The van der Waals surface area contributed by atoms with Gasteiger partial charge in [-0.15, -0.1) is 5.10 Å². The van der Waals surface area contributed by atoms with Gasteiger partial charge in [-0.25, -0.2) is 4.68 Å². The Labute approximate surface area is 116 Å². The van der Waals surface area contributed by atoms with Crippen molar-refractivity contribution < 1.29 is 0 Å². The maximum absolute atomic E-state index is 9.27. The first-order valence-electron chi connectivity index (χ1n) is 6.28. The predicted molar refractivity (Wildman–Crippen MR) is 76.2 cm³/mol. The van der Waals surface area contributed by atoms with Crippen molar-refractivity contribution in [3.8, 4) is 23.0 Å². The molecule has 0 unspecified atom stereocenters. The van der Waals surface area contributed by atoms with Gasteiger partial charge in [0.1, 0.15) is 11.8 Å². The minimum Gasteiger partial charge on any atom is -0.211 e. The molecule has 1 aromatic heterocycles. The lowest BCUT2D eigenvalue weighted by Crippen LogP contribution is -2.00. The zero-order valence-corrected chi connectivity index (χ0v) is 11.0. The fraction of sp³-hybridized carbons (Fsp3) is 0.0625. The zero-order valence-electron chi connectivity index (χ0n) is 11.0. The number of nitrogens with zero attached hydrogens (tertiary/aromatic N) is 4. The van der Waals surface area contributed by atoms with E-state index in [0.29, 0.717) is 5.69 Å². The highest BCUT2D eigenvalue weighted by molar-refractivity contribution is 5.69. The van der Waals surface area contributed by atoms with Crippen molar-refractivity contribution in [2.75, 3.05) is 0 Å². The van der Waals surface area contributed by atoms with Gasteiger partial charge in [-0.05, 0) is 24.6 Å². The number of aromatic nitrogens is 3. The molecule has 20 heavy (non-hydrogen) atoms. The molecule has 4 nitrogen and oxygen atoms in total. The maximum Gasteiger partial charge on any atom is 0.191 e. The van der Waals surface area contributed by atoms with Crippen LogP contribution in [0.4, 0.5) is 0 Å². The molecule has 3 aromatic rings. The Balaban J connectivity index is 2.28. The van der Waals surface area contributed by atoms with E-state index in [2.05, 4.69) is 16.4 Å². The number of benzene rings is 2. The van der Waals surface area contributed by atoms with Crippen molar-refractivity contribution in [1.82, 2.24) is 15.0 Å². The van der Waals surface area contributed by atoms with Crippen LogP contribution in [0.2, 0.25) is 0 Å². The fourth-order valence-electron chi connectivity index (χ4n) is 2.19. The smallest absolute Gasteiger partial charge is 0.191 e. The largest absolute Gasteiger partial charge is 0.211 e. The SMILES string of the molecule is Cc1ccccc1-c1c(C#N)nnn1-c1ccccc1. The van der Waals surface area contributed by atoms with Crippen molar-refractivity contribution in [2.24, 2.45) is 0 Å². The molecule has 0 saturated carbocycles. The third-order valence-corrected chi connectivity index (χ3v) is 3.18. The van der Waals surface area contributed by atoms with Gasteiger partial charge in [0.15, 0.2) is 5.69 Å². The number of hydrogen-bond acceptors (Lipinski definition) is 3. The van der Waals surface area contributed by atoms with E-state index in [9.17, 15) is 5.26 Å². The van der Waals surface area contributed by atoms with E-state index in [1.54, 1.807) is 4.68 Å². The van der Waals surface area contributed by atoms with Crippen molar-refractivity contribution in [2.45, 2.75) is 6.92 Å². The molecule has 0 aliphatic heterocycles. The highest BCUT2D eigenvalue weighted by atomic mass is 15.4. The molecule has 0 amide bonds. The van der Waals surface area contributed by atoms with E-state index < -0.39 is 0 Å². The summed E-state index contributed by atoms with van der Waals surface area (Å²) >= 11 is 0. The van der Waals surface area contributed by atoms with Gasteiger partial charge in [-0.2, -0.15) is 5.26 Å². The Morgan fingerprint density at radius 1 is 1.00 bits per heavy atom. The quantitative estimate of drug-likeness (QED) is 0.711. The monoisotopic (exact) mass is 260 g/mol. The third-order valence-electron chi connectivity index (χ3n) is 3.18. The molecule has 96 valence electrons. The van der Waals surface area contributed by atoms with Crippen molar-refractivity contribution in [3.63, 3.8) is 0 Å². The molecule has 0 atom stereocenters. The molecule has 0 spiro atoms. The molecule has 0 saturated heterocycles. The number of para-hydroxylation sites is 1. The lowest BCUT2D eigenvalue weighted by atomic mass is 10.0. The minimum atomic E-state index is 0.336. The minimum absolute atomic E-state index is 0.336. The van der Waals surface area contributed by atoms with Gasteiger partial charge in [0.05, 0.1) is 5.69 Å². The lowest BCUT2D eigenvalue weighted by molar-refractivity contribution is 0.806. The van der Waals surface area contributed by atoms with E-state index in [1.807, 2.05) is 61.5 Å². The molecular formula is C16H12N4. The van der Waals surface area contributed by atoms with Crippen LogP contribution in [0, 0.1) is 18.3 Å². The first-order valence-corrected chi connectivity index (χ1v) is 6.28. The number of hydrogen-bond donors (Lipinski definition) is 0. The van der Waals surface area contributed by atoms with Crippen LogP contribution in [0.15, 0.2) is 54.6 Å². The topological polar surface area (TPSA) is 54.5 Å². The summed E-state index contributed by atoms with van der Waals surface area (Å²) < 4.78 is 1.71. The molecule has 0 aliphatic carbocycles. The molecule has 0 fully saturated rings. The first-order chi connectivity index (χ1) is 9.81. The summed E-state index contributed by atoms with van der Waals surface area (Å²) in [6, 6.07) is 19.7. The van der Waals surface area contributed by atoms with E-state index >= 15 is 0 Å². The summed E-state index contributed by atoms with van der Waals surface area (Å²) in [5.41, 5.74) is 4.01. The van der Waals surface area contributed by atoms with Crippen molar-refractivity contribution >= 4 is 0 Å². The average molecular weight is 260 g/mol. The summed E-state index contributed by atoms with van der Waals surface area (Å²) in [7, 11) is 0. The summed E-state index contributed by atoms with van der Waals surface area (Å²) in [4.78, 5) is 0. The maximum atomic E-state index is 9.27. The van der Waals surface area contributed by atoms with Gasteiger partial charge in [-0.1, -0.05) is 47.7 Å². The van der Waals surface area contributed by atoms with Crippen LogP contribution >= 0.6 is 0 Å². The Morgan fingerprint density at radius 3 is 2.40 bits per heavy atom. The second kappa shape index (κ2) is 4.98. The molecule has 0 bridgehead atoms. The summed E-state index contributed by atoms with van der Waals surface area (Å²) in [5.74, 6) is 0. The lowest BCUT2D eigenvalue weighted by Gasteiger charge is -2.08. The highest BCUT2D eigenvalue weighted by Gasteiger charge is 2.17. The fourth-order valence-corrected chi connectivity index (χ4v) is 2.19. The molecule has 0 N–H and O–H groups in total. The number of aryl methyl sites for hydroxylation is 1. The molecule has 1 heterocycles. The summed E-state index contributed by atoms with van der Waals surface area (Å²) in [6.45, 7) is 2.01. The van der Waals surface area contributed by atoms with Crippen molar-refractivity contribution in [3.05, 3.63) is 65.9 Å². The average Bonchev–Trinajstić information content (AvgIpc) is 2.92. The molecular weight excluding hydrogens is 248 g/mol. The second-order valence-corrected chi connectivity index (χ2v) is 4.46. The van der Waals surface area contributed by atoms with Crippen LogP contribution in [0.3, 0.4) is 0 Å². The van der Waals surface area contributed by atoms with Gasteiger partial charge in [0.2, 0.25) is 0 Å². The molecule has 2 aromatic carbocycles. The van der Waals surface area contributed by atoms with Gasteiger partial charge in [0.25, 0.3) is 0 Å².